The number of halogens is 3. The Morgan fingerprint density at radius 1 is 1.33 bits per heavy atom. The van der Waals surface area contributed by atoms with Crippen LogP contribution in [0.3, 0.4) is 0 Å². The molecular formula is C22H26F3N3O2. The van der Waals surface area contributed by atoms with Gasteiger partial charge in [0.1, 0.15) is 17.1 Å². The molecule has 3 rings (SSSR count). The molecule has 5 nitrogen and oxygen atoms in total. The van der Waals surface area contributed by atoms with E-state index in [9.17, 15) is 18.0 Å². The Kier molecular flexibility index (Phi) is 6.24. The molecule has 0 aromatic carbocycles. The van der Waals surface area contributed by atoms with Gasteiger partial charge >= 0.3 is 6.09 Å². The molecule has 2 N–H and O–H groups in total. The number of alkyl carbamates (subject to hydrolysis) is 1. The van der Waals surface area contributed by atoms with E-state index in [0.29, 0.717) is 17.0 Å². The Bertz CT molecular complexity index is 976. The minimum atomic E-state index is -2.60. The minimum Gasteiger partial charge on any atom is -0.444 e. The maximum Gasteiger partial charge on any atom is 0.408 e. The molecule has 0 radical (unpaired) electrons. The largest absolute Gasteiger partial charge is 0.444 e. The summed E-state index contributed by atoms with van der Waals surface area (Å²) < 4.78 is 45.4. The topological polar surface area (TPSA) is 67.0 Å². The van der Waals surface area contributed by atoms with Gasteiger partial charge < -0.3 is 15.0 Å². The molecule has 0 saturated carbocycles. The van der Waals surface area contributed by atoms with Gasteiger partial charge in [-0.1, -0.05) is 12.2 Å². The number of ether oxygens (including phenoxy) is 1. The first-order valence-electron chi connectivity index (χ1n) is 9.84. The number of allylic oxidation sites excluding steroid dienone is 4. The van der Waals surface area contributed by atoms with Gasteiger partial charge in [0.05, 0.1) is 11.7 Å². The number of pyridine rings is 1. The molecule has 2 heterocycles. The number of aromatic amines is 1. The molecule has 0 fully saturated rings. The number of H-pyrrole nitrogens is 1. The first-order chi connectivity index (χ1) is 14.0. The number of aromatic nitrogens is 2. The van der Waals surface area contributed by atoms with E-state index in [2.05, 4.69) is 15.3 Å². The van der Waals surface area contributed by atoms with Gasteiger partial charge in [0.15, 0.2) is 0 Å². The molecule has 30 heavy (non-hydrogen) atoms. The van der Waals surface area contributed by atoms with Crippen LogP contribution in [-0.4, -0.2) is 28.1 Å². The first-order valence-corrected chi connectivity index (χ1v) is 9.84. The number of fused-ring (bicyclic) bond motifs is 1. The highest BCUT2D eigenvalue weighted by Gasteiger charge is 2.31. The summed E-state index contributed by atoms with van der Waals surface area (Å²) in [7, 11) is 0. The molecule has 0 aliphatic heterocycles. The van der Waals surface area contributed by atoms with Gasteiger partial charge in [0.2, 0.25) is 6.43 Å². The molecule has 2 aromatic heterocycles. The predicted octanol–water partition coefficient (Wildman–Crippen LogP) is 5.93. The molecular weight excluding hydrogens is 395 g/mol. The van der Waals surface area contributed by atoms with E-state index in [1.165, 1.54) is 6.08 Å². The smallest absolute Gasteiger partial charge is 0.408 e. The van der Waals surface area contributed by atoms with Crippen LogP contribution in [0.5, 0.6) is 0 Å². The molecule has 162 valence electrons. The maximum atomic E-state index is 14.2. The van der Waals surface area contributed by atoms with E-state index in [1.807, 2.05) is 6.07 Å². The predicted molar refractivity (Wildman–Crippen MR) is 109 cm³/mol. The molecule has 0 spiro atoms. The Hall–Kier alpha value is -2.77. The van der Waals surface area contributed by atoms with Gasteiger partial charge in [0, 0.05) is 29.3 Å². The SMILES string of the molecule is CC(NC(=O)OC(C)(C)C)c1ccc2cc(C3C=CC=C(F)[C@@H]3CC(F)F)[nH]c2n1. The summed E-state index contributed by atoms with van der Waals surface area (Å²) in [6, 6.07) is 4.99. The van der Waals surface area contributed by atoms with Crippen molar-refractivity contribution in [2.45, 2.75) is 58.1 Å². The lowest BCUT2D eigenvalue weighted by molar-refractivity contribution is 0.0507. The van der Waals surface area contributed by atoms with E-state index < -0.39 is 48.2 Å². The highest BCUT2D eigenvalue weighted by Crippen LogP contribution is 2.39. The van der Waals surface area contributed by atoms with Crippen LogP contribution in [0.2, 0.25) is 0 Å². The van der Waals surface area contributed by atoms with Crippen molar-refractivity contribution in [3.8, 4) is 0 Å². The summed E-state index contributed by atoms with van der Waals surface area (Å²) in [5.41, 5.74) is 1.16. The van der Waals surface area contributed by atoms with Crippen LogP contribution in [0.1, 0.15) is 57.5 Å². The summed E-state index contributed by atoms with van der Waals surface area (Å²) in [4.78, 5) is 19.7. The summed E-state index contributed by atoms with van der Waals surface area (Å²) in [5, 5.41) is 3.51. The second-order valence-corrected chi connectivity index (χ2v) is 8.46. The van der Waals surface area contributed by atoms with E-state index in [4.69, 9.17) is 4.74 Å². The first kappa shape index (κ1) is 21.9. The molecule has 2 aromatic rings. The van der Waals surface area contributed by atoms with Crippen LogP contribution >= 0.6 is 0 Å². The molecule has 3 atom stereocenters. The lowest BCUT2D eigenvalue weighted by atomic mass is 9.83. The highest BCUT2D eigenvalue weighted by molar-refractivity contribution is 5.77. The second kappa shape index (κ2) is 8.53. The number of nitrogens with zero attached hydrogens (tertiary/aromatic N) is 1. The normalized spacial score (nSPS) is 20.3. The lowest BCUT2D eigenvalue weighted by Crippen LogP contribution is -2.34. The highest BCUT2D eigenvalue weighted by atomic mass is 19.3. The van der Waals surface area contributed by atoms with Crippen LogP contribution in [0, 0.1) is 5.92 Å². The monoisotopic (exact) mass is 421 g/mol. The zero-order valence-electron chi connectivity index (χ0n) is 17.4. The van der Waals surface area contributed by atoms with Crippen molar-refractivity contribution in [1.82, 2.24) is 15.3 Å². The number of hydrogen-bond donors (Lipinski definition) is 2. The molecule has 1 amide bonds. The summed E-state index contributed by atoms with van der Waals surface area (Å²) in [6.45, 7) is 7.12. The van der Waals surface area contributed by atoms with E-state index in [1.54, 1.807) is 52.0 Å². The molecule has 2 unspecified atom stereocenters. The Morgan fingerprint density at radius 3 is 2.73 bits per heavy atom. The van der Waals surface area contributed by atoms with Crippen molar-refractivity contribution in [3.63, 3.8) is 0 Å². The second-order valence-electron chi connectivity index (χ2n) is 8.46. The molecule has 8 heteroatoms. The third-order valence-electron chi connectivity index (χ3n) is 4.85. The Labute approximate surface area is 173 Å². The molecule has 0 bridgehead atoms. The fourth-order valence-corrected chi connectivity index (χ4v) is 3.49. The number of rotatable bonds is 5. The minimum absolute atomic E-state index is 0.405. The fourth-order valence-electron chi connectivity index (χ4n) is 3.49. The molecule has 0 saturated heterocycles. The number of carbonyl (C=O) groups is 1. The third-order valence-corrected chi connectivity index (χ3v) is 4.85. The Balaban J connectivity index is 1.81. The van der Waals surface area contributed by atoms with Gasteiger partial charge in [-0.05, 0) is 52.0 Å². The van der Waals surface area contributed by atoms with Crippen molar-refractivity contribution in [3.05, 3.63) is 53.6 Å². The van der Waals surface area contributed by atoms with Gasteiger partial charge in [0.25, 0.3) is 0 Å². The molecule has 1 aliphatic rings. The van der Waals surface area contributed by atoms with Crippen molar-refractivity contribution >= 4 is 17.1 Å². The van der Waals surface area contributed by atoms with Crippen LogP contribution in [0.25, 0.3) is 11.0 Å². The van der Waals surface area contributed by atoms with Crippen LogP contribution in [-0.2, 0) is 4.74 Å². The van der Waals surface area contributed by atoms with Crippen molar-refractivity contribution < 1.29 is 22.7 Å². The third kappa shape index (κ3) is 5.23. The number of hydrogen-bond acceptors (Lipinski definition) is 3. The van der Waals surface area contributed by atoms with Gasteiger partial charge in [-0.2, -0.15) is 0 Å². The summed E-state index contributed by atoms with van der Waals surface area (Å²) >= 11 is 0. The average molecular weight is 421 g/mol. The van der Waals surface area contributed by atoms with Crippen molar-refractivity contribution in [2.24, 2.45) is 5.92 Å². The quantitative estimate of drug-likeness (QED) is 0.629. The fraction of sp³-hybridized carbons (Fsp3) is 0.455. The average Bonchev–Trinajstić information content (AvgIpc) is 3.04. The van der Waals surface area contributed by atoms with Crippen LogP contribution in [0.15, 0.2) is 42.3 Å². The maximum absolute atomic E-state index is 14.2. The van der Waals surface area contributed by atoms with E-state index in [-0.39, 0.29) is 0 Å². The van der Waals surface area contributed by atoms with Gasteiger partial charge in [-0.25, -0.2) is 22.9 Å². The van der Waals surface area contributed by atoms with Crippen LogP contribution < -0.4 is 5.32 Å². The zero-order chi connectivity index (χ0) is 22.1. The Morgan fingerprint density at radius 2 is 2.07 bits per heavy atom. The number of amides is 1. The van der Waals surface area contributed by atoms with Crippen molar-refractivity contribution in [1.29, 1.82) is 0 Å². The standard InChI is InChI=1S/C22H26F3N3O2/c1-12(26-21(29)30-22(2,3)4)17-9-8-13-10-18(28-20(13)27-17)14-6-5-7-16(23)15(14)11-19(24)25/h5-10,12,14-15,19H,11H2,1-4H3,(H,26,29)(H,27,28)/t12?,14?,15-/m1/s1. The van der Waals surface area contributed by atoms with E-state index >= 15 is 0 Å². The number of alkyl halides is 2. The number of nitrogens with one attached hydrogen (secondary N) is 2. The van der Waals surface area contributed by atoms with Crippen LogP contribution in [0.4, 0.5) is 18.0 Å². The molecule has 1 aliphatic carbocycles. The van der Waals surface area contributed by atoms with Gasteiger partial charge in [-0.15, -0.1) is 0 Å². The summed E-state index contributed by atoms with van der Waals surface area (Å²) in [6.07, 6.45) is 0.785. The summed E-state index contributed by atoms with van der Waals surface area (Å²) in [5.74, 6) is -2.00. The van der Waals surface area contributed by atoms with E-state index in [0.717, 1.165) is 5.39 Å². The zero-order valence-corrected chi connectivity index (χ0v) is 17.4. The van der Waals surface area contributed by atoms with Gasteiger partial charge in [-0.3, -0.25) is 0 Å². The lowest BCUT2D eigenvalue weighted by Gasteiger charge is -2.24. The van der Waals surface area contributed by atoms with Crippen molar-refractivity contribution in [2.75, 3.05) is 0 Å². The number of carbonyl (C=O) groups excluding carboxylic acids is 1.